The second-order valence-electron chi connectivity index (χ2n) is 7.49. The van der Waals surface area contributed by atoms with Crippen molar-refractivity contribution in [1.29, 1.82) is 0 Å². The molecule has 5 nitrogen and oxygen atoms in total. The monoisotopic (exact) mass is 679 g/mol. The van der Waals surface area contributed by atoms with E-state index in [0.717, 1.165) is 16.9 Å². The van der Waals surface area contributed by atoms with E-state index in [1.807, 2.05) is 0 Å². The zero-order chi connectivity index (χ0) is 32.7. The summed E-state index contributed by atoms with van der Waals surface area (Å²) in [6.07, 6.45) is -10.8. The fourth-order valence-electron chi connectivity index (χ4n) is 2.38. The number of thioether (sulfide) groups is 1. The molecular formula is C17H10F17NO4S2. The number of carbonyl (C=O) groups excluding carboxylic acids is 1. The highest BCUT2D eigenvalue weighted by atomic mass is 32.2. The Kier molecular flexibility index (Phi) is 9.85. The van der Waals surface area contributed by atoms with Crippen molar-refractivity contribution in [1.82, 2.24) is 4.72 Å². The van der Waals surface area contributed by atoms with Gasteiger partial charge in [-0.15, -0.1) is 0 Å². The van der Waals surface area contributed by atoms with Crippen LogP contribution in [0.5, 0.6) is 5.75 Å². The molecule has 0 unspecified atom stereocenters. The molecule has 1 amide bonds. The molecule has 0 aliphatic rings. The summed E-state index contributed by atoms with van der Waals surface area (Å²) in [7, 11) is -5.09. The van der Waals surface area contributed by atoms with Gasteiger partial charge in [0.2, 0.25) is 0 Å². The van der Waals surface area contributed by atoms with Crippen LogP contribution in [0.1, 0.15) is 6.42 Å². The van der Waals surface area contributed by atoms with Crippen LogP contribution in [0.15, 0.2) is 30.3 Å². The van der Waals surface area contributed by atoms with Gasteiger partial charge >= 0.3 is 57.9 Å². The third-order valence-corrected chi connectivity index (χ3v) is 6.34. The minimum Gasteiger partial charge on any atom is -0.367 e. The molecule has 238 valence electrons. The minimum atomic E-state index is -8.75. The number of hydrogen-bond acceptors (Lipinski definition) is 5. The first-order valence-electron chi connectivity index (χ1n) is 9.58. The van der Waals surface area contributed by atoms with Gasteiger partial charge in [0.05, 0.1) is 0 Å². The fraction of sp³-hybridized carbons (Fsp3) is 0.588. The number of carbonyl (C=O) groups is 1. The summed E-state index contributed by atoms with van der Waals surface area (Å²) < 4.78 is 253. The molecule has 0 saturated carbocycles. The summed E-state index contributed by atoms with van der Waals surface area (Å²) in [5.41, 5.74) is 0. The average Bonchev–Trinajstić information content (AvgIpc) is 2.77. The van der Waals surface area contributed by atoms with Crippen LogP contribution in [0, 0.1) is 0 Å². The zero-order valence-electron chi connectivity index (χ0n) is 18.7. The summed E-state index contributed by atoms with van der Waals surface area (Å²) in [4.78, 5) is 11.5. The van der Waals surface area contributed by atoms with Crippen molar-refractivity contribution in [2.24, 2.45) is 0 Å². The van der Waals surface area contributed by atoms with Gasteiger partial charge in [0, 0.05) is 12.2 Å². The lowest BCUT2D eigenvalue weighted by Crippen LogP contribution is -2.74. The van der Waals surface area contributed by atoms with E-state index < -0.39 is 92.9 Å². The van der Waals surface area contributed by atoms with E-state index in [9.17, 15) is 87.8 Å². The van der Waals surface area contributed by atoms with Crippen molar-refractivity contribution >= 4 is 27.3 Å². The third-order valence-electron chi connectivity index (χ3n) is 4.59. The highest BCUT2D eigenvalue weighted by molar-refractivity contribution is 8.14. The molecule has 0 aliphatic heterocycles. The topological polar surface area (TPSA) is 72.5 Å². The normalized spacial score (nSPS) is 15.0. The van der Waals surface area contributed by atoms with E-state index in [0.29, 0.717) is 0 Å². The van der Waals surface area contributed by atoms with Crippen molar-refractivity contribution < 1.29 is 92.0 Å². The molecule has 24 heteroatoms. The summed E-state index contributed by atoms with van der Waals surface area (Å²) >= 11 is -0.756. The van der Waals surface area contributed by atoms with Gasteiger partial charge in [-0.3, -0.25) is 4.79 Å². The van der Waals surface area contributed by atoms with E-state index >= 15 is 0 Å². The molecule has 0 heterocycles. The van der Waals surface area contributed by atoms with Gasteiger partial charge in [0.25, 0.3) is 5.24 Å². The molecule has 0 spiro atoms. The van der Waals surface area contributed by atoms with Gasteiger partial charge in [-0.25, -0.2) is 4.72 Å². The molecule has 1 rings (SSSR count). The number of halogens is 17. The SMILES string of the molecule is O=C(NS(=O)(=O)Oc1ccccc1)SCCC(F)(F)C(F)(F)C(F)(F)C(F)(F)C(F)(F)C(F)(F)C(F)(F)C(F)(F)F. The highest BCUT2D eigenvalue weighted by Crippen LogP contribution is 2.64. The first-order chi connectivity index (χ1) is 17.9. The smallest absolute Gasteiger partial charge is 0.367 e. The maximum atomic E-state index is 13.8. The van der Waals surface area contributed by atoms with Crippen LogP contribution in [0.2, 0.25) is 0 Å². The first kappa shape index (κ1) is 36.6. The lowest BCUT2D eigenvalue weighted by Gasteiger charge is -2.42. The molecule has 0 aliphatic carbocycles. The number of benzene rings is 1. The summed E-state index contributed by atoms with van der Waals surface area (Å²) in [6, 6.07) is 5.84. The number of para-hydroxylation sites is 1. The molecule has 0 radical (unpaired) electrons. The third kappa shape index (κ3) is 6.50. The van der Waals surface area contributed by atoms with Crippen molar-refractivity contribution in [3.05, 3.63) is 30.3 Å². The molecule has 1 aromatic rings. The molecule has 0 saturated heterocycles. The zero-order valence-corrected chi connectivity index (χ0v) is 20.3. The van der Waals surface area contributed by atoms with E-state index in [1.165, 1.54) is 18.2 Å². The summed E-state index contributed by atoms with van der Waals surface area (Å²) in [5, 5.41) is -1.96. The standard InChI is InChI=1S/C17H10F17NO4S2/c18-10(19,6-7-40-9(36)35-41(37,38)39-8-4-2-1-3-5-8)11(20,21)12(22,23)13(24,25)14(26,27)15(28,29)16(30,31)17(32,33)34/h1-5H,6-7H2,(H,35,36). The largest absolute Gasteiger partial charge is 0.460 e. The lowest BCUT2D eigenvalue weighted by molar-refractivity contribution is -0.461. The van der Waals surface area contributed by atoms with Gasteiger partial charge in [-0.2, -0.15) is 83.1 Å². The van der Waals surface area contributed by atoms with Gasteiger partial charge in [0.1, 0.15) is 5.75 Å². The van der Waals surface area contributed by atoms with Crippen LogP contribution in [0.3, 0.4) is 0 Å². The Hall–Kier alpha value is -2.40. The van der Waals surface area contributed by atoms with Crippen LogP contribution < -0.4 is 8.91 Å². The predicted octanol–water partition coefficient (Wildman–Crippen LogP) is 7.15. The van der Waals surface area contributed by atoms with Gasteiger partial charge in [-0.1, -0.05) is 30.0 Å². The van der Waals surface area contributed by atoms with Crippen molar-refractivity contribution in [3.8, 4) is 5.75 Å². The van der Waals surface area contributed by atoms with Gasteiger partial charge in [0.15, 0.2) is 0 Å². The number of hydrogen-bond donors (Lipinski definition) is 1. The number of alkyl halides is 17. The number of amides is 1. The molecule has 0 bridgehead atoms. The fourth-order valence-corrected chi connectivity index (χ4v) is 4.08. The van der Waals surface area contributed by atoms with Crippen molar-refractivity contribution in [3.63, 3.8) is 0 Å². The highest BCUT2D eigenvalue weighted by Gasteiger charge is 2.95. The van der Waals surface area contributed by atoms with Crippen LogP contribution >= 0.6 is 11.8 Å². The Morgan fingerprint density at radius 3 is 1.46 bits per heavy atom. The summed E-state index contributed by atoms with van der Waals surface area (Å²) in [6.45, 7) is 0. The molecule has 0 aromatic heterocycles. The average molecular weight is 679 g/mol. The van der Waals surface area contributed by atoms with E-state index in [-0.39, 0.29) is 0 Å². The second-order valence-corrected chi connectivity index (χ2v) is 9.83. The van der Waals surface area contributed by atoms with E-state index in [2.05, 4.69) is 4.18 Å². The van der Waals surface area contributed by atoms with Crippen molar-refractivity contribution in [2.45, 2.75) is 54.1 Å². The lowest BCUT2D eigenvalue weighted by atomic mass is 9.88. The summed E-state index contributed by atoms with van der Waals surface area (Å²) in [5.74, 6) is -59.7. The van der Waals surface area contributed by atoms with E-state index in [1.54, 1.807) is 0 Å². The Bertz CT molecular complexity index is 1190. The Morgan fingerprint density at radius 1 is 0.659 bits per heavy atom. The van der Waals surface area contributed by atoms with Crippen molar-refractivity contribution in [2.75, 3.05) is 5.75 Å². The molecule has 0 atom stereocenters. The number of rotatable bonds is 12. The van der Waals surface area contributed by atoms with Crippen LogP contribution in [-0.2, 0) is 10.3 Å². The van der Waals surface area contributed by atoms with Gasteiger partial charge < -0.3 is 4.18 Å². The maximum absolute atomic E-state index is 13.8. The molecule has 41 heavy (non-hydrogen) atoms. The number of nitrogens with one attached hydrogen (secondary N) is 1. The van der Waals surface area contributed by atoms with E-state index in [4.69, 9.17) is 0 Å². The molecule has 0 fully saturated rings. The molecular weight excluding hydrogens is 669 g/mol. The quantitative estimate of drug-likeness (QED) is 0.238. The Morgan fingerprint density at radius 2 is 1.05 bits per heavy atom. The maximum Gasteiger partial charge on any atom is 0.460 e. The Balaban J connectivity index is 3.14. The van der Waals surface area contributed by atoms with Gasteiger partial charge in [-0.05, 0) is 12.1 Å². The molecule has 1 aromatic carbocycles. The first-order valence-corrected chi connectivity index (χ1v) is 12.0. The Labute approximate surface area is 220 Å². The molecule has 1 N–H and O–H groups in total. The van der Waals surface area contributed by atoms with Crippen LogP contribution in [0.25, 0.3) is 0 Å². The predicted molar refractivity (Wildman–Crippen MR) is 102 cm³/mol. The van der Waals surface area contributed by atoms with Crippen LogP contribution in [-0.4, -0.2) is 67.0 Å². The minimum absolute atomic E-state index is 0.442. The second kappa shape index (κ2) is 11.0. The van der Waals surface area contributed by atoms with Crippen LogP contribution in [0.4, 0.5) is 79.4 Å².